The monoisotopic (exact) mass is 564 g/mol. The Morgan fingerprint density at radius 3 is 2.29 bits per heavy atom. The van der Waals surface area contributed by atoms with E-state index in [2.05, 4.69) is 45.3 Å². The summed E-state index contributed by atoms with van der Waals surface area (Å²) in [6, 6.07) is 13.7. The summed E-state index contributed by atoms with van der Waals surface area (Å²) < 4.78 is 8.56. The standard InChI is InChI=1S/C33H44N2O6/c1-30(2,3)33-31(4,5)22-39-32(33,40-41-33)23-18-19-24(27(36)21-23)29-34-25-15-12-13-16-26(25)35(29)20-14-10-8-6-7-9-11-17-28(37)38/h12-13,15-16,18-19,21,36H,6-11,14,17,20,22H2,1-5H3,(H,37,38). The number of carbonyl (C=O) groups is 1. The Bertz CT molecular complexity index is 1410. The van der Waals surface area contributed by atoms with Crippen molar-refractivity contribution < 1.29 is 29.5 Å². The highest BCUT2D eigenvalue weighted by Gasteiger charge is 2.81. The number of aromatic nitrogens is 2. The highest BCUT2D eigenvalue weighted by Crippen LogP contribution is 2.69. The molecule has 2 aliphatic heterocycles. The summed E-state index contributed by atoms with van der Waals surface area (Å²) in [7, 11) is 0. The van der Waals surface area contributed by atoms with Gasteiger partial charge in [-0.1, -0.05) is 84.9 Å². The van der Waals surface area contributed by atoms with Crippen molar-refractivity contribution in [2.75, 3.05) is 6.61 Å². The number of ether oxygens (including phenoxy) is 1. The van der Waals surface area contributed by atoms with E-state index in [0.717, 1.165) is 73.9 Å². The van der Waals surface area contributed by atoms with E-state index < -0.39 is 17.4 Å². The molecule has 8 heteroatoms. The van der Waals surface area contributed by atoms with Crippen LogP contribution in [0.2, 0.25) is 0 Å². The molecule has 2 saturated heterocycles. The van der Waals surface area contributed by atoms with E-state index in [-0.39, 0.29) is 23.0 Å². The van der Waals surface area contributed by atoms with Crippen molar-refractivity contribution in [3.63, 3.8) is 0 Å². The second kappa shape index (κ2) is 11.0. The van der Waals surface area contributed by atoms with Gasteiger partial charge in [0.15, 0.2) is 5.60 Å². The third-order valence-electron chi connectivity index (χ3n) is 8.94. The molecule has 0 radical (unpaired) electrons. The lowest BCUT2D eigenvalue weighted by Gasteiger charge is -2.61. The van der Waals surface area contributed by atoms with Crippen molar-refractivity contribution in [2.24, 2.45) is 10.8 Å². The van der Waals surface area contributed by atoms with Gasteiger partial charge < -0.3 is 19.5 Å². The fraction of sp³-hybridized carbons (Fsp3) is 0.576. The molecule has 3 aromatic rings. The number of aromatic hydroxyl groups is 1. The first-order chi connectivity index (χ1) is 19.4. The van der Waals surface area contributed by atoms with Crippen LogP contribution in [-0.4, -0.2) is 37.9 Å². The summed E-state index contributed by atoms with van der Waals surface area (Å²) >= 11 is 0. The highest BCUT2D eigenvalue weighted by molar-refractivity contribution is 5.82. The lowest BCUT2D eigenvalue weighted by Crippen LogP contribution is -2.73. The number of benzene rings is 2. The minimum Gasteiger partial charge on any atom is -0.507 e. The van der Waals surface area contributed by atoms with Crippen LogP contribution >= 0.6 is 0 Å². The van der Waals surface area contributed by atoms with E-state index in [0.29, 0.717) is 12.2 Å². The van der Waals surface area contributed by atoms with Crippen molar-refractivity contribution in [1.29, 1.82) is 0 Å². The fourth-order valence-electron chi connectivity index (χ4n) is 7.10. The summed E-state index contributed by atoms with van der Waals surface area (Å²) in [6.45, 7) is 12.0. The Kier molecular flexibility index (Phi) is 7.96. The number of phenolic OH excluding ortho intramolecular Hbond substituents is 1. The zero-order valence-electron chi connectivity index (χ0n) is 25.0. The topological polar surface area (TPSA) is 103 Å². The maximum Gasteiger partial charge on any atom is 0.303 e. The third kappa shape index (κ3) is 4.94. The zero-order valence-corrected chi connectivity index (χ0v) is 25.0. The van der Waals surface area contributed by atoms with Crippen LogP contribution in [0.5, 0.6) is 5.75 Å². The fourth-order valence-corrected chi connectivity index (χ4v) is 7.10. The molecule has 0 bridgehead atoms. The third-order valence-corrected chi connectivity index (χ3v) is 8.94. The summed E-state index contributed by atoms with van der Waals surface area (Å²) in [5.41, 5.74) is 2.03. The van der Waals surface area contributed by atoms with Crippen LogP contribution in [0.15, 0.2) is 42.5 Å². The van der Waals surface area contributed by atoms with Gasteiger partial charge in [0.1, 0.15) is 11.6 Å². The lowest BCUT2D eigenvalue weighted by molar-refractivity contribution is -0.626. The number of para-hydroxylation sites is 2. The van der Waals surface area contributed by atoms with Crippen molar-refractivity contribution in [3.05, 3.63) is 48.0 Å². The van der Waals surface area contributed by atoms with Crippen LogP contribution in [0, 0.1) is 10.8 Å². The predicted octanol–water partition coefficient (Wildman–Crippen LogP) is 7.57. The molecular weight excluding hydrogens is 520 g/mol. The van der Waals surface area contributed by atoms with Crippen molar-refractivity contribution in [2.45, 2.75) is 104 Å². The Morgan fingerprint density at radius 2 is 1.66 bits per heavy atom. The van der Waals surface area contributed by atoms with Gasteiger partial charge in [-0.2, -0.15) is 4.89 Å². The van der Waals surface area contributed by atoms with E-state index in [4.69, 9.17) is 24.6 Å². The van der Waals surface area contributed by atoms with E-state index in [1.807, 2.05) is 30.3 Å². The summed E-state index contributed by atoms with van der Waals surface area (Å²) in [6.07, 6.45) is 7.35. The SMILES string of the molecule is CC(C)(C)C12OOC1(c1ccc(-c3nc4ccccc4n3CCCCCCCCCC(=O)O)c(O)c1)OCC2(C)C. The largest absolute Gasteiger partial charge is 0.507 e. The molecule has 5 rings (SSSR count). The van der Waals surface area contributed by atoms with Gasteiger partial charge in [0.25, 0.3) is 5.79 Å². The molecular formula is C33H44N2O6. The van der Waals surface area contributed by atoms with Gasteiger partial charge in [0.05, 0.1) is 23.2 Å². The molecule has 2 fully saturated rings. The molecule has 3 heterocycles. The number of rotatable bonds is 12. The molecule has 2 atom stereocenters. The average molecular weight is 565 g/mol. The predicted molar refractivity (Wildman–Crippen MR) is 157 cm³/mol. The van der Waals surface area contributed by atoms with E-state index >= 15 is 0 Å². The van der Waals surface area contributed by atoms with E-state index in [1.165, 1.54) is 0 Å². The smallest absolute Gasteiger partial charge is 0.303 e. The van der Waals surface area contributed by atoms with Gasteiger partial charge in [0.2, 0.25) is 0 Å². The molecule has 0 spiro atoms. The van der Waals surface area contributed by atoms with Crippen LogP contribution in [0.4, 0.5) is 0 Å². The minimum atomic E-state index is -1.10. The van der Waals surface area contributed by atoms with Gasteiger partial charge in [-0.25, -0.2) is 9.87 Å². The van der Waals surface area contributed by atoms with Gasteiger partial charge in [-0.05, 0) is 37.1 Å². The number of phenols is 1. The number of carboxylic acids is 1. The van der Waals surface area contributed by atoms with Gasteiger partial charge in [-0.3, -0.25) is 4.79 Å². The maximum atomic E-state index is 11.4. The van der Waals surface area contributed by atoms with E-state index in [1.54, 1.807) is 6.07 Å². The second-order valence-corrected chi connectivity index (χ2v) is 13.3. The molecule has 2 aliphatic rings. The molecule has 0 aliphatic carbocycles. The van der Waals surface area contributed by atoms with Gasteiger partial charge in [-0.15, -0.1) is 0 Å². The molecule has 2 N–H and O–H groups in total. The minimum absolute atomic E-state index is 0.126. The van der Waals surface area contributed by atoms with Crippen LogP contribution in [0.25, 0.3) is 22.4 Å². The summed E-state index contributed by atoms with van der Waals surface area (Å²) in [5, 5.41) is 20.2. The van der Waals surface area contributed by atoms with Crippen LogP contribution in [0.3, 0.4) is 0 Å². The number of unbranched alkanes of at least 4 members (excludes halogenated alkanes) is 6. The number of aryl methyl sites for hydroxylation is 1. The number of fused-ring (bicyclic) bond motifs is 2. The second-order valence-electron chi connectivity index (χ2n) is 13.3. The molecule has 222 valence electrons. The Morgan fingerprint density at radius 1 is 0.976 bits per heavy atom. The van der Waals surface area contributed by atoms with Crippen molar-refractivity contribution >= 4 is 17.0 Å². The van der Waals surface area contributed by atoms with Crippen LogP contribution < -0.4 is 0 Å². The number of hydrogen-bond acceptors (Lipinski definition) is 6. The molecule has 8 nitrogen and oxygen atoms in total. The first-order valence-corrected chi connectivity index (χ1v) is 15.0. The van der Waals surface area contributed by atoms with Crippen LogP contribution in [-0.2, 0) is 31.6 Å². The number of hydrogen-bond donors (Lipinski definition) is 2. The molecule has 0 amide bonds. The number of imidazole rings is 1. The molecule has 2 aromatic carbocycles. The number of nitrogens with zero attached hydrogens (tertiary/aromatic N) is 2. The molecule has 41 heavy (non-hydrogen) atoms. The maximum absolute atomic E-state index is 11.4. The first-order valence-electron chi connectivity index (χ1n) is 15.0. The molecule has 0 saturated carbocycles. The number of carboxylic acid groups (broad SMARTS) is 1. The highest BCUT2D eigenvalue weighted by atomic mass is 17.3. The van der Waals surface area contributed by atoms with Gasteiger partial charge in [0, 0.05) is 29.4 Å². The Hall–Kier alpha value is -2.94. The lowest BCUT2D eigenvalue weighted by atomic mass is 9.57. The quantitative estimate of drug-likeness (QED) is 0.173. The number of aliphatic carboxylic acids is 1. The summed E-state index contributed by atoms with van der Waals surface area (Å²) in [5.74, 6) is -0.949. The van der Waals surface area contributed by atoms with Crippen LogP contribution in [0.1, 0.15) is 91.5 Å². The summed E-state index contributed by atoms with van der Waals surface area (Å²) in [4.78, 5) is 27.3. The van der Waals surface area contributed by atoms with E-state index in [9.17, 15) is 9.90 Å². The Balaban J connectivity index is 1.35. The molecule has 1 aromatic heterocycles. The zero-order chi connectivity index (χ0) is 29.5. The average Bonchev–Trinajstić information content (AvgIpc) is 3.32. The Labute approximate surface area is 242 Å². The van der Waals surface area contributed by atoms with Crippen molar-refractivity contribution in [1.82, 2.24) is 9.55 Å². The van der Waals surface area contributed by atoms with Crippen molar-refractivity contribution in [3.8, 4) is 17.1 Å². The molecule has 2 unspecified atom stereocenters. The van der Waals surface area contributed by atoms with Gasteiger partial charge >= 0.3 is 5.97 Å². The normalized spacial score (nSPS) is 23.4. The first kappa shape index (κ1) is 29.5.